The molecule has 2 heterocycles. The van der Waals surface area contributed by atoms with Gasteiger partial charge in [0.2, 0.25) is 5.95 Å². The van der Waals surface area contributed by atoms with E-state index in [4.69, 9.17) is 0 Å². The van der Waals surface area contributed by atoms with E-state index in [1.54, 1.807) is 0 Å². The number of hydrogen-bond donors (Lipinski definition) is 1. The van der Waals surface area contributed by atoms with Crippen molar-refractivity contribution in [1.29, 1.82) is 0 Å². The van der Waals surface area contributed by atoms with Crippen LogP contribution in [0.1, 0.15) is 17.9 Å². The monoisotopic (exact) mass is 192 g/mol. The largest absolute Gasteiger partial charge is 0.347 e. The molecule has 0 amide bonds. The SMILES string of the molecule is CN(C)c1ncc(C2CCNC2)cn1. The quantitative estimate of drug-likeness (QED) is 0.745. The minimum atomic E-state index is 0.603. The number of rotatable bonds is 2. The van der Waals surface area contributed by atoms with E-state index in [0.717, 1.165) is 19.0 Å². The molecule has 0 aromatic carbocycles. The molecular formula is C10H16N4. The molecule has 1 aromatic rings. The summed E-state index contributed by atoms with van der Waals surface area (Å²) in [4.78, 5) is 10.5. The Balaban J connectivity index is 2.12. The molecule has 1 atom stereocenters. The maximum Gasteiger partial charge on any atom is 0.224 e. The molecule has 1 fully saturated rings. The van der Waals surface area contributed by atoms with Crippen molar-refractivity contribution in [3.05, 3.63) is 18.0 Å². The summed E-state index contributed by atoms with van der Waals surface area (Å²) in [6.07, 6.45) is 5.09. The third-order valence-corrected chi connectivity index (χ3v) is 2.59. The Morgan fingerprint density at radius 2 is 2.07 bits per heavy atom. The molecule has 0 radical (unpaired) electrons. The molecular weight excluding hydrogens is 176 g/mol. The van der Waals surface area contributed by atoms with Gasteiger partial charge in [-0.2, -0.15) is 0 Å². The van der Waals surface area contributed by atoms with Crippen molar-refractivity contribution in [3.63, 3.8) is 0 Å². The highest BCUT2D eigenvalue weighted by atomic mass is 15.2. The number of aromatic nitrogens is 2. The molecule has 4 heteroatoms. The molecule has 14 heavy (non-hydrogen) atoms. The maximum absolute atomic E-state index is 4.31. The van der Waals surface area contributed by atoms with Gasteiger partial charge < -0.3 is 10.2 Å². The molecule has 4 nitrogen and oxygen atoms in total. The van der Waals surface area contributed by atoms with Gasteiger partial charge in [0.1, 0.15) is 0 Å². The van der Waals surface area contributed by atoms with Gasteiger partial charge in [-0.05, 0) is 18.5 Å². The first kappa shape index (κ1) is 9.40. The lowest BCUT2D eigenvalue weighted by atomic mass is 10.0. The van der Waals surface area contributed by atoms with E-state index in [0.29, 0.717) is 5.92 Å². The molecule has 0 spiro atoms. The van der Waals surface area contributed by atoms with Gasteiger partial charge in [-0.15, -0.1) is 0 Å². The standard InChI is InChI=1S/C10H16N4/c1-14(2)10-12-6-9(7-13-10)8-3-4-11-5-8/h6-8,11H,3-5H2,1-2H3. The van der Waals surface area contributed by atoms with Crippen LogP contribution in [0.3, 0.4) is 0 Å². The summed E-state index contributed by atoms with van der Waals surface area (Å²) in [6, 6.07) is 0. The van der Waals surface area contributed by atoms with Crippen LogP contribution in [-0.2, 0) is 0 Å². The number of nitrogens with one attached hydrogen (secondary N) is 1. The summed E-state index contributed by atoms with van der Waals surface area (Å²) >= 11 is 0. The van der Waals surface area contributed by atoms with Crippen molar-refractivity contribution in [3.8, 4) is 0 Å². The third kappa shape index (κ3) is 1.85. The zero-order valence-corrected chi connectivity index (χ0v) is 8.70. The molecule has 1 aromatic heterocycles. The fourth-order valence-corrected chi connectivity index (χ4v) is 1.71. The number of nitrogens with zero attached hydrogens (tertiary/aromatic N) is 3. The van der Waals surface area contributed by atoms with Gasteiger partial charge in [-0.25, -0.2) is 9.97 Å². The van der Waals surface area contributed by atoms with Crippen molar-refractivity contribution >= 4 is 5.95 Å². The molecule has 1 aliphatic heterocycles. The minimum Gasteiger partial charge on any atom is -0.347 e. The average Bonchev–Trinajstić information content (AvgIpc) is 2.71. The van der Waals surface area contributed by atoms with Crippen molar-refractivity contribution in [2.24, 2.45) is 0 Å². The van der Waals surface area contributed by atoms with E-state index < -0.39 is 0 Å². The van der Waals surface area contributed by atoms with Crippen LogP contribution >= 0.6 is 0 Å². The van der Waals surface area contributed by atoms with Gasteiger partial charge in [0, 0.05) is 39.0 Å². The average molecular weight is 192 g/mol. The highest BCUT2D eigenvalue weighted by Crippen LogP contribution is 2.21. The van der Waals surface area contributed by atoms with Gasteiger partial charge in [0.25, 0.3) is 0 Å². The fraction of sp³-hybridized carbons (Fsp3) is 0.600. The second-order valence-electron chi connectivity index (χ2n) is 3.90. The van der Waals surface area contributed by atoms with Crippen LogP contribution in [0.15, 0.2) is 12.4 Å². The molecule has 2 rings (SSSR count). The van der Waals surface area contributed by atoms with Crippen LogP contribution in [-0.4, -0.2) is 37.2 Å². The highest BCUT2D eigenvalue weighted by Gasteiger charge is 2.17. The lowest BCUT2D eigenvalue weighted by molar-refractivity contribution is 0.751. The zero-order chi connectivity index (χ0) is 9.97. The summed E-state index contributed by atoms with van der Waals surface area (Å²) in [5.74, 6) is 1.38. The maximum atomic E-state index is 4.31. The molecule has 0 saturated carbocycles. The van der Waals surface area contributed by atoms with Crippen molar-refractivity contribution in [2.45, 2.75) is 12.3 Å². The Kier molecular flexibility index (Phi) is 2.63. The third-order valence-electron chi connectivity index (χ3n) is 2.59. The Bertz CT molecular complexity index is 287. The van der Waals surface area contributed by atoms with Crippen LogP contribution in [0.2, 0.25) is 0 Å². The smallest absolute Gasteiger partial charge is 0.224 e. The number of hydrogen-bond acceptors (Lipinski definition) is 4. The lowest BCUT2D eigenvalue weighted by Gasteiger charge is -2.12. The summed E-state index contributed by atoms with van der Waals surface area (Å²) in [5, 5.41) is 3.34. The molecule has 0 aliphatic carbocycles. The lowest BCUT2D eigenvalue weighted by Crippen LogP contribution is -2.13. The van der Waals surface area contributed by atoms with Crippen LogP contribution in [0.4, 0.5) is 5.95 Å². The van der Waals surface area contributed by atoms with Crippen LogP contribution in [0.25, 0.3) is 0 Å². The topological polar surface area (TPSA) is 41.1 Å². The Morgan fingerprint density at radius 1 is 1.36 bits per heavy atom. The van der Waals surface area contributed by atoms with Crippen molar-refractivity contribution in [1.82, 2.24) is 15.3 Å². The van der Waals surface area contributed by atoms with E-state index in [2.05, 4.69) is 15.3 Å². The molecule has 0 bridgehead atoms. The van der Waals surface area contributed by atoms with E-state index in [-0.39, 0.29) is 0 Å². The zero-order valence-electron chi connectivity index (χ0n) is 8.70. The predicted octanol–water partition coefficient (Wildman–Crippen LogP) is 0.619. The van der Waals surface area contributed by atoms with Crippen molar-refractivity contribution < 1.29 is 0 Å². The Morgan fingerprint density at radius 3 is 2.57 bits per heavy atom. The summed E-state index contributed by atoms with van der Waals surface area (Å²) < 4.78 is 0. The Hall–Kier alpha value is -1.16. The van der Waals surface area contributed by atoms with Crippen LogP contribution < -0.4 is 10.2 Å². The first-order valence-electron chi connectivity index (χ1n) is 4.97. The van der Waals surface area contributed by atoms with Crippen LogP contribution in [0.5, 0.6) is 0 Å². The summed E-state index contributed by atoms with van der Waals surface area (Å²) in [6.45, 7) is 2.17. The van der Waals surface area contributed by atoms with E-state index in [9.17, 15) is 0 Å². The molecule has 1 saturated heterocycles. The molecule has 76 valence electrons. The molecule has 1 aliphatic rings. The molecule has 1 N–H and O–H groups in total. The Labute approximate surface area is 84.4 Å². The van der Waals surface area contributed by atoms with Crippen molar-refractivity contribution in [2.75, 3.05) is 32.1 Å². The van der Waals surface area contributed by atoms with Gasteiger partial charge in [-0.3, -0.25) is 0 Å². The fourth-order valence-electron chi connectivity index (χ4n) is 1.71. The van der Waals surface area contributed by atoms with Gasteiger partial charge >= 0.3 is 0 Å². The van der Waals surface area contributed by atoms with E-state index in [1.807, 2.05) is 31.4 Å². The predicted molar refractivity (Wildman–Crippen MR) is 56.6 cm³/mol. The van der Waals surface area contributed by atoms with Crippen LogP contribution in [0, 0.1) is 0 Å². The first-order chi connectivity index (χ1) is 6.77. The molecule has 1 unspecified atom stereocenters. The van der Waals surface area contributed by atoms with Gasteiger partial charge in [0.05, 0.1) is 0 Å². The first-order valence-corrected chi connectivity index (χ1v) is 4.97. The summed E-state index contributed by atoms with van der Waals surface area (Å²) in [5.41, 5.74) is 1.25. The highest BCUT2D eigenvalue weighted by molar-refractivity contribution is 5.28. The second kappa shape index (κ2) is 3.92. The normalized spacial score (nSPS) is 21.1. The second-order valence-corrected chi connectivity index (χ2v) is 3.90. The summed E-state index contributed by atoms with van der Waals surface area (Å²) in [7, 11) is 3.90. The minimum absolute atomic E-state index is 0.603. The van der Waals surface area contributed by atoms with Gasteiger partial charge in [-0.1, -0.05) is 0 Å². The van der Waals surface area contributed by atoms with Gasteiger partial charge in [0.15, 0.2) is 0 Å². The number of anilines is 1. The van der Waals surface area contributed by atoms with E-state index in [1.165, 1.54) is 12.0 Å². The van der Waals surface area contributed by atoms with E-state index >= 15 is 0 Å².